The van der Waals surface area contributed by atoms with Gasteiger partial charge in [0.1, 0.15) is 12.4 Å². The first-order valence-electron chi connectivity index (χ1n) is 8.54. The number of likely N-dealkylation sites (N-methyl/N-ethyl adjacent to an activating group) is 1. The van der Waals surface area contributed by atoms with Gasteiger partial charge in [-0.25, -0.2) is 0 Å². The van der Waals surface area contributed by atoms with Crippen molar-refractivity contribution in [3.8, 4) is 5.75 Å². The number of nitrogens with zero attached hydrogens (tertiary/aromatic N) is 2. The predicted molar refractivity (Wildman–Crippen MR) is 94.6 cm³/mol. The van der Waals surface area contributed by atoms with Gasteiger partial charge >= 0.3 is 0 Å². The van der Waals surface area contributed by atoms with Gasteiger partial charge in [0.05, 0.1) is 0 Å². The van der Waals surface area contributed by atoms with E-state index in [4.69, 9.17) is 4.74 Å². The summed E-state index contributed by atoms with van der Waals surface area (Å²) >= 11 is 0. The largest absolute Gasteiger partial charge is 0.489 e. The predicted octanol–water partition coefficient (Wildman–Crippen LogP) is 3.40. The van der Waals surface area contributed by atoms with Gasteiger partial charge < -0.3 is 9.64 Å². The molecule has 23 heavy (non-hydrogen) atoms. The number of benzene rings is 2. The zero-order valence-corrected chi connectivity index (χ0v) is 13.9. The Morgan fingerprint density at radius 1 is 0.826 bits per heavy atom. The monoisotopic (exact) mass is 310 g/mol. The standard InChI is InChI=1S/C20H26N2O/c1-2-21-11-13-22(14-12-21)16-19-9-6-10-20(15-19)23-17-18-7-4-3-5-8-18/h3-10,15H,2,11-14,16-17H2,1H3. The average molecular weight is 310 g/mol. The summed E-state index contributed by atoms with van der Waals surface area (Å²) in [6.07, 6.45) is 0. The Labute approximate surface area is 139 Å². The molecule has 2 aromatic carbocycles. The van der Waals surface area contributed by atoms with Gasteiger partial charge in [-0.3, -0.25) is 4.90 Å². The van der Waals surface area contributed by atoms with Gasteiger partial charge in [-0.2, -0.15) is 0 Å². The van der Waals surface area contributed by atoms with E-state index < -0.39 is 0 Å². The van der Waals surface area contributed by atoms with E-state index >= 15 is 0 Å². The second-order valence-corrected chi connectivity index (χ2v) is 6.13. The Morgan fingerprint density at radius 2 is 1.52 bits per heavy atom. The van der Waals surface area contributed by atoms with Crippen LogP contribution in [0, 0.1) is 0 Å². The van der Waals surface area contributed by atoms with E-state index in [0.717, 1.165) is 31.9 Å². The van der Waals surface area contributed by atoms with E-state index in [1.807, 2.05) is 24.3 Å². The molecule has 0 N–H and O–H groups in total. The molecule has 0 unspecified atom stereocenters. The molecule has 3 heteroatoms. The molecule has 0 bridgehead atoms. The summed E-state index contributed by atoms with van der Waals surface area (Å²) in [6.45, 7) is 9.71. The summed E-state index contributed by atoms with van der Waals surface area (Å²) in [5.74, 6) is 0.957. The lowest BCUT2D eigenvalue weighted by Crippen LogP contribution is -2.45. The minimum absolute atomic E-state index is 0.624. The molecule has 0 saturated carbocycles. The van der Waals surface area contributed by atoms with Crippen molar-refractivity contribution >= 4 is 0 Å². The van der Waals surface area contributed by atoms with Crippen molar-refractivity contribution in [3.63, 3.8) is 0 Å². The van der Waals surface area contributed by atoms with Crippen LogP contribution in [0.4, 0.5) is 0 Å². The van der Waals surface area contributed by atoms with Crippen molar-refractivity contribution in [1.29, 1.82) is 0 Å². The number of ether oxygens (including phenoxy) is 1. The molecule has 122 valence electrons. The molecular formula is C20H26N2O. The first-order chi connectivity index (χ1) is 11.3. The van der Waals surface area contributed by atoms with Crippen molar-refractivity contribution in [2.45, 2.75) is 20.1 Å². The SMILES string of the molecule is CCN1CCN(Cc2cccc(OCc3ccccc3)c2)CC1. The molecule has 0 radical (unpaired) electrons. The zero-order chi connectivity index (χ0) is 15.9. The smallest absolute Gasteiger partial charge is 0.120 e. The fraction of sp³-hybridized carbons (Fsp3) is 0.400. The quantitative estimate of drug-likeness (QED) is 0.813. The Kier molecular flexibility index (Phi) is 5.67. The Morgan fingerprint density at radius 3 is 2.26 bits per heavy atom. The van der Waals surface area contributed by atoms with Crippen molar-refractivity contribution in [1.82, 2.24) is 9.80 Å². The van der Waals surface area contributed by atoms with Crippen LogP contribution in [0.15, 0.2) is 54.6 Å². The van der Waals surface area contributed by atoms with Crippen LogP contribution >= 0.6 is 0 Å². The summed E-state index contributed by atoms with van der Waals surface area (Å²) < 4.78 is 5.93. The fourth-order valence-electron chi connectivity index (χ4n) is 3.00. The molecule has 1 aliphatic heterocycles. The molecule has 0 atom stereocenters. The van der Waals surface area contributed by atoms with Gasteiger partial charge in [-0.1, -0.05) is 49.4 Å². The van der Waals surface area contributed by atoms with E-state index in [-0.39, 0.29) is 0 Å². The molecule has 1 saturated heterocycles. The molecule has 0 amide bonds. The summed E-state index contributed by atoms with van der Waals surface area (Å²) in [5, 5.41) is 0. The Hall–Kier alpha value is -1.84. The molecular weight excluding hydrogens is 284 g/mol. The highest BCUT2D eigenvalue weighted by Crippen LogP contribution is 2.17. The topological polar surface area (TPSA) is 15.7 Å². The van der Waals surface area contributed by atoms with Gasteiger partial charge in [0.25, 0.3) is 0 Å². The van der Waals surface area contributed by atoms with Crippen molar-refractivity contribution in [2.24, 2.45) is 0 Å². The van der Waals surface area contributed by atoms with E-state index in [1.54, 1.807) is 0 Å². The molecule has 3 nitrogen and oxygen atoms in total. The molecule has 0 aliphatic carbocycles. The first-order valence-corrected chi connectivity index (χ1v) is 8.54. The lowest BCUT2D eigenvalue weighted by atomic mass is 10.2. The summed E-state index contributed by atoms with van der Waals surface area (Å²) in [7, 11) is 0. The molecule has 0 spiro atoms. The van der Waals surface area contributed by atoms with Gasteiger partial charge in [0.15, 0.2) is 0 Å². The van der Waals surface area contributed by atoms with Crippen molar-refractivity contribution in [2.75, 3.05) is 32.7 Å². The number of hydrogen-bond donors (Lipinski definition) is 0. The minimum atomic E-state index is 0.624. The normalized spacial score (nSPS) is 16.4. The summed E-state index contributed by atoms with van der Waals surface area (Å²) in [4.78, 5) is 5.04. The molecule has 1 fully saturated rings. The third-order valence-corrected chi connectivity index (χ3v) is 4.47. The average Bonchev–Trinajstić information content (AvgIpc) is 2.62. The van der Waals surface area contributed by atoms with Gasteiger partial charge in [0.2, 0.25) is 0 Å². The second kappa shape index (κ2) is 8.14. The van der Waals surface area contributed by atoms with Gasteiger partial charge in [-0.05, 0) is 29.8 Å². The van der Waals surface area contributed by atoms with Gasteiger partial charge in [-0.15, -0.1) is 0 Å². The van der Waals surface area contributed by atoms with Gasteiger partial charge in [0, 0.05) is 32.7 Å². The van der Waals surface area contributed by atoms with Crippen LogP contribution < -0.4 is 4.74 Å². The maximum atomic E-state index is 5.93. The molecule has 1 heterocycles. The van der Waals surface area contributed by atoms with E-state index in [1.165, 1.54) is 24.2 Å². The molecule has 2 aromatic rings. The Bertz CT molecular complexity index is 592. The summed E-state index contributed by atoms with van der Waals surface area (Å²) in [5.41, 5.74) is 2.54. The minimum Gasteiger partial charge on any atom is -0.489 e. The Balaban J connectivity index is 1.53. The molecule has 1 aliphatic rings. The highest BCUT2D eigenvalue weighted by atomic mass is 16.5. The fourth-order valence-corrected chi connectivity index (χ4v) is 3.00. The maximum Gasteiger partial charge on any atom is 0.120 e. The van der Waals surface area contributed by atoms with Crippen molar-refractivity contribution < 1.29 is 4.74 Å². The molecule has 3 rings (SSSR count). The third kappa shape index (κ3) is 4.81. The number of rotatable bonds is 6. The number of piperazine rings is 1. The van der Waals surface area contributed by atoms with Crippen LogP contribution in [0.1, 0.15) is 18.1 Å². The van der Waals surface area contributed by atoms with Crippen LogP contribution in [0.25, 0.3) is 0 Å². The lowest BCUT2D eigenvalue weighted by molar-refractivity contribution is 0.132. The van der Waals surface area contributed by atoms with E-state index in [0.29, 0.717) is 6.61 Å². The van der Waals surface area contributed by atoms with E-state index in [2.05, 4.69) is 47.1 Å². The zero-order valence-electron chi connectivity index (χ0n) is 13.9. The highest BCUT2D eigenvalue weighted by Gasteiger charge is 2.15. The van der Waals surface area contributed by atoms with Crippen molar-refractivity contribution in [3.05, 3.63) is 65.7 Å². The second-order valence-electron chi connectivity index (χ2n) is 6.13. The summed E-state index contributed by atoms with van der Waals surface area (Å²) in [6, 6.07) is 18.8. The van der Waals surface area contributed by atoms with Crippen LogP contribution in [-0.4, -0.2) is 42.5 Å². The highest BCUT2D eigenvalue weighted by molar-refractivity contribution is 5.29. The van der Waals surface area contributed by atoms with Crippen LogP contribution in [0.2, 0.25) is 0 Å². The van der Waals surface area contributed by atoms with Crippen LogP contribution in [0.3, 0.4) is 0 Å². The first kappa shape index (κ1) is 16.0. The lowest BCUT2D eigenvalue weighted by Gasteiger charge is -2.34. The maximum absolute atomic E-state index is 5.93. The van der Waals surface area contributed by atoms with E-state index in [9.17, 15) is 0 Å². The number of hydrogen-bond acceptors (Lipinski definition) is 3. The molecule has 0 aromatic heterocycles. The third-order valence-electron chi connectivity index (χ3n) is 4.47. The van der Waals surface area contributed by atoms with Crippen LogP contribution in [-0.2, 0) is 13.2 Å². The van der Waals surface area contributed by atoms with Crippen LogP contribution in [0.5, 0.6) is 5.75 Å².